The molecule has 0 N–H and O–H groups in total. The molecule has 1 atom stereocenters. The third kappa shape index (κ3) is 154. The lowest BCUT2D eigenvalue weighted by molar-refractivity contribution is 0.407. The van der Waals surface area contributed by atoms with Gasteiger partial charge in [-0.05, 0) is 43.4 Å². The topological polar surface area (TPSA) is 0 Å². The van der Waals surface area contributed by atoms with E-state index in [0.717, 1.165) is 11.8 Å². The van der Waals surface area contributed by atoms with Crippen LogP contribution in [0.25, 0.3) is 0 Å². The molecule has 0 fully saturated rings. The van der Waals surface area contributed by atoms with Crippen molar-refractivity contribution < 1.29 is 0 Å². The summed E-state index contributed by atoms with van der Waals surface area (Å²) >= 11 is 0. The van der Waals surface area contributed by atoms with Gasteiger partial charge < -0.3 is 0 Å². The molecule has 0 nitrogen and oxygen atoms in total. The van der Waals surface area contributed by atoms with Gasteiger partial charge in [0.1, 0.15) is 0 Å². The molecule has 0 aromatic heterocycles. The molecule has 0 aromatic carbocycles. The zero-order valence-corrected chi connectivity index (χ0v) is 20.3. The molecule has 0 rings (SSSR count). The largest absolute Gasteiger partial charge is 0.103 e. The van der Waals surface area contributed by atoms with E-state index in [4.69, 9.17) is 0 Å². The first-order chi connectivity index (χ1) is 11.5. The van der Waals surface area contributed by atoms with Gasteiger partial charge >= 0.3 is 0 Å². The minimum absolute atomic E-state index is 0. The van der Waals surface area contributed by atoms with E-state index >= 15 is 0 Å². The van der Waals surface area contributed by atoms with Crippen molar-refractivity contribution in [2.75, 3.05) is 0 Å². The van der Waals surface area contributed by atoms with E-state index in [1.54, 1.807) is 0 Å². The van der Waals surface area contributed by atoms with Crippen LogP contribution in [-0.2, 0) is 0 Å². The van der Waals surface area contributed by atoms with Crippen molar-refractivity contribution in [1.29, 1.82) is 0 Å². The molecule has 0 radical (unpaired) electrons. The van der Waals surface area contributed by atoms with Gasteiger partial charge in [0.25, 0.3) is 0 Å². The Kier molecular flexibility index (Phi) is 326. The molecule has 0 aliphatic heterocycles. The second-order valence-corrected chi connectivity index (χ2v) is 7.99. The van der Waals surface area contributed by atoms with Crippen LogP contribution < -0.4 is 0 Å². The van der Waals surface area contributed by atoms with E-state index < -0.39 is 0 Å². The molecule has 0 aliphatic carbocycles. The standard InChI is InChI=1S/C7H14.C7H16.C7H14.C4H10.14CH4/c1-5-7(3,4)6-2;1-5-7(4)6(2)3;1-4-6-7(3)5-2;1-3-4-2;;;;;;;;;;;;;;/h5H,1,6H2,2-4H3;6-7H,5H2,1-4H3;6H,4-5H2,1-3H3;3-4H2,1-2H3;14*1H4. The smallest absolute Gasteiger partial charge is 0.0180 e. The highest BCUT2D eigenvalue weighted by Gasteiger charge is 2.06. The van der Waals surface area contributed by atoms with E-state index in [1.807, 2.05) is 6.08 Å². The predicted octanol–water partition coefficient (Wildman–Crippen LogP) is 18.8. The van der Waals surface area contributed by atoms with Crippen LogP contribution in [0.5, 0.6) is 0 Å². The average molecular weight is 579 g/mol. The van der Waals surface area contributed by atoms with E-state index in [2.05, 4.69) is 95.7 Å². The lowest BCUT2D eigenvalue weighted by Gasteiger charge is -2.14. The maximum atomic E-state index is 3.70. The maximum Gasteiger partial charge on any atom is -0.0180 e. The Bertz CT molecular complexity index is 266. The fraction of sp³-hybridized carbons (Fsp3) is 0.897. The molecular weight excluding hydrogens is 468 g/mol. The Morgan fingerprint density at radius 1 is 0.615 bits per heavy atom. The summed E-state index contributed by atoms with van der Waals surface area (Å²) in [7, 11) is 0. The lowest BCUT2D eigenvalue weighted by atomic mass is 9.91. The van der Waals surface area contributed by atoms with Crippen LogP contribution >= 0.6 is 0 Å². The Morgan fingerprint density at radius 3 is 0.923 bits per heavy atom. The van der Waals surface area contributed by atoms with Gasteiger partial charge in [-0.1, -0.05) is 217 Å². The van der Waals surface area contributed by atoms with Gasteiger partial charge in [0.05, 0.1) is 0 Å². The average Bonchev–Trinajstić information content (AvgIpc) is 2.62. The summed E-state index contributed by atoms with van der Waals surface area (Å²) in [6.45, 7) is 30.2. The highest BCUT2D eigenvalue weighted by molar-refractivity contribution is 4.95. The first-order valence-corrected chi connectivity index (χ1v) is 10.8. The Balaban J connectivity index is -0.00000000851. The van der Waals surface area contributed by atoms with Crippen molar-refractivity contribution in [3.8, 4) is 0 Å². The number of unbranched alkanes of at least 4 members (excludes halogenated alkanes) is 1. The molecule has 39 heavy (non-hydrogen) atoms. The summed E-state index contributed by atoms with van der Waals surface area (Å²) in [5.74, 6) is 1.77. The first-order valence-electron chi connectivity index (χ1n) is 10.8. The van der Waals surface area contributed by atoms with Crippen LogP contribution in [0.4, 0.5) is 0 Å². The number of rotatable bonds is 7. The summed E-state index contributed by atoms with van der Waals surface area (Å²) in [6, 6.07) is 0. The van der Waals surface area contributed by atoms with Gasteiger partial charge in [-0.15, -0.1) is 6.58 Å². The van der Waals surface area contributed by atoms with Crippen molar-refractivity contribution in [1.82, 2.24) is 0 Å². The van der Waals surface area contributed by atoms with Gasteiger partial charge in [0.2, 0.25) is 0 Å². The van der Waals surface area contributed by atoms with Crippen LogP contribution in [0, 0.1) is 17.3 Å². The Hall–Kier alpha value is -0.520. The fourth-order valence-electron chi connectivity index (χ4n) is 1.11. The number of hydrogen-bond acceptors (Lipinski definition) is 0. The van der Waals surface area contributed by atoms with Crippen LogP contribution in [0.3, 0.4) is 0 Å². The Morgan fingerprint density at radius 2 is 0.897 bits per heavy atom. The molecule has 1 unspecified atom stereocenters. The van der Waals surface area contributed by atoms with E-state index in [1.165, 1.54) is 44.1 Å². The molecule has 266 valence electrons. The molecule has 0 saturated heterocycles. The highest BCUT2D eigenvalue weighted by atomic mass is 14.1. The molecule has 0 aliphatic rings. The lowest BCUT2D eigenvalue weighted by Crippen LogP contribution is -2.02. The Labute approximate surface area is 266 Å². The minimum atomic E-state index is 0. The molecule has 0 heterocycles. The third-order valence-electron chi connectivity index (χ3n) is 4.86. The van der Waals surface area contributed by atoms with Crippen LogP contribution in [-0.4, -0.2) is 0 Å². The summed E-state index contributed by atoms with van der Waals surface area (Å²) < 4.78 is 0. The SMILES string of the molecule is C.C.C.C.C.C.C.C.C.C.C.C.C.C.C=CC(C)(C)CC.CCC(C)C(C)C.CCC=C(C)CC.CCCC. The van der Waals surface area contributed by atoms with Crippen molar-refractivity contribution in [3.63, 3.8) is 0 Å². The van der Waals surface area contributed by atoms with E-state index in [-0.39, 0.29) is 104 Å². The van der Waals surface area contributed by atoms with Crippen LogP contribution in [0.2, 0.25) is 0 Å². The molecule has 0 heteroatoms. The van der Waals surface area contributed by atoms with Gasteiger partial charge in [-0.25, -0.2) is 0 Å². The monoisotopic (exact) mass is 579 g/mol. The molecule has 0 bridgehead atoms. The van der Waals surface area contributed by atoms with Crippen molar-refractivity contribution in [2.45, 2.75) is 226 Å². The fourth-order valence-corrected chi connectivity index (χ4v) is 1.11. The number of allylic oxidation sites excluding steroid dienone is 3. The van der Waals surface area contributed by atoms with Crippen LogP contribution in [0.1, 0.15) is 226 Å². The van der Waals surface area contributed by atoms with Crippen molar-refractivity contribution in [3.05, 3.63) is 24.3 Å². The summed E-state index contributed by atoms with van der Waals surface area (Å²) in [5.41, 5.74) is 1.85. The minimum Gasteiger partial charge on any atom is -0.103 e. The van der Waals surface area contributed by atoms with Crippen molar-refractivity contribution in [2.24, 2.45) is 17.3 Å². The summed E-state index contributed by atoms with van der Waals surface area (Å²) in [6.07, 6.45) is 11.8. The second-order valence-electron chi connectivity index (χ2n) is 7.99. The first kappa shape index (κ1) is 129. The zero-order valence-electron chi connectivity index (χ0n) is 20.3. The molecule has 0 saturated carbocycles. The quantitative estimate of drug-likeness (QED) is 0.263. The van der Waals surface area contributed by atoms with Gasteiger partial charge in [0, 0.05) is 0 Å². The van der Waals surface area contributed by atoms with Gasteiger partial charge in [-0.3, -0.25) is 0 Å². The normalized spacial score (nSPS) is 7.67. The third-order valence-corrected chi connectivity index (χ3v) is 4.86. The van der Waals surface area contributed by atoms with Gasteiger partial charge in [-0.2, -0.15) is 0 Å². The maximum absolute atomic E-state index is 3.70. The molecule has 0 amide bonds. The molecular formula is C39H110. The van der Waals surface area contributed by atoms with Crippen LogP contribution in [0.15, 0.2) is 24.3 Å². The van der Waals surface area contributed by atoms with Crippen molar-refractivity contribution >= 4 is 0 Å². The van der Waals surface area contributed by atoms with Gasteiger partial charge in [0.15, 0.2) is 0 Å². The van der Waals surface area contributed by atoms with E-state index in [0.29, 0.717) is 5.41 Å². The molecule has 0 aromatic rings. The summed E-state index contributed by atoms with van der Waals surface area (Å²) in [5, 5.41) is 0. The zero-order chi connectivity index (χ0) is 20.9. The highest BCUT2D eigenvalue weighted by Crippen LogP contribution is 2.19. The predicted molar refractivity (Wildman–Crippen MR) is 218 cm³/mol. The summed E-state index contributed by atoms with van der Waals surface area (Å²) in [4.78, 5) is 0. The molecule has 0 spiro atoms. The second kappa shape index (κ2) is 98.7. The number of hydrogen-bond donors (Lipinski definition) is 0. The van der Waals surface area contributed by atoms with E-state index in [9.17, 15) is 0 Å².